The second-order valence-electron chi connectivity index (χ2n) is 4.38. The molecule has 0 radical (unpaired) electrons. The fourth-order valence-electron chi connectivity index (χ4n) is 2.18. The van der Waals surface area contributed by atoms with Gasteiger partial charge in [-0.3, -0.25) is 0 Å². The van der Waals surface area contributed by atoms with E-state index in [1.54, 1.807) is 4.31 Å². The van der Waals surface area contributed by atoms with Gasteiger partial charge in [-0.05, 0) is 13.8 Å². The molecular weight excluding hydrogens is 262 g/mol. The van der Waals surface area contributed by atoms with Crippen molar-refractivity contribution in [3.8, 4) is 0 Å². The number of hydrogen-bond donors (Lipinski definition) is 1. The van der Waals surface area contributed by atoms with Crippen molar-refractivity contribution in [1.82, 2.24) is 13.9 Å². The minimum Gasteiger partial charge on any atom is -0.309 e. The molecule has 7 heteroatoms. The first kappa shape index (κ1) is 17.1. The Morgan fingerprint density at radius 3 is 1.94 bits per heavy atom. The fraction of sp³-hybridized carbons (Fsp3) is 1.00. The van der Waals surface area contributed by atoms with Crippen molar-refractivity contribution < 1.29 is 8.42 Å². The van der Waals surface area contributed by atoms with E-state index in [1.165, 1.54) is 4.31 Å². The summed E-state index contributed by atoms with van der Waals surface area (Å²) >= 11 is 0. The molecule has 0 aromatic heterocycles. The maximum Gasteiger partial charge on any atom is 0.282 e. The summed E-state index contributed by atoms with van der Waals surface area (Å²) in [5.74, 6) is 0. The third-order valence-electron chi connectivity index (χ3n) is 2.88. The summed E-state index contributed by atoms with van der Waals surface area (Å²) in [5.41, 5.74) is 0. The Bertz CT molecular complexity index is 310. The quantitative estimate of drug-likeness (QED) is 0.826. The highest BCUT2D eigenvalue weighted by Gasteiger charge is 2.33. The molecule has 104 valence electrons. The molecule has 1 fully saturated rings. The minimum atomic E-state index is -3.26. The third-order valence-corrected chi connectivity index (χ3v) is 5.00. The maximum atomic E-state index is 12.3. The van der Waals surface area contributed by atoms with E-state index < -0.39 is 10.2 Å². The number of rotatable bonds is 4. The number of hydrogen-bond acceptors (Lipinski definition) is 3. The number of nitrogens with one attached hydrogen (secondary N) is 1. The van der Waals surface area contributed by atoms with Crippen LogP contribution in [0.25, 0.3) is 0 Å². The molecule has 0 aromatic carbocycles. The van der Waals surface area contributed by atoms with E-state index in [0.717, 1.165) is 0 Å². The van der Waals surface area contributed by atoms with Crippen LogP contribution in [0.5, 0.6) is 0 Å². The summed E-state index contributed by atoms with van der Waals surface area (Å²) in [6.45, 7) is 9.95. The third kappa shape index (κ3) is 4.06. The van der Waals surface area contributed by atoms with Gasteiger partial charge in [0.15, 0.2) is 0 Å². The van der Waals surface area contributed by atoms with Crippen molar-refractivity contribution in [3.05, 3.63) is 0 Å². The van der Waals surface area contributed by atoms with Crippen LogP contribution >= 0.6 is 12.4 Å². The van der Waals surface area contributed by atoms with E-state index in [9.17, 15) is 8.42 Å². The average Bonchev–Trinajstić information content (AvgIpc) is 2.17. The van der Waals surface area contributed by atoms with E-state index in [-0.39, 0.29) is 24.5 Å². The predicted octanol–water partition coefficient (Wildman–Crippen LogP) is 0.677. The van der Waals surface area contributed by atoms with Crippen LogP contribution in [0.4, 0.5) is 0 Å². The molecule has 0 spiro atoms. The van der Waals surface area contributed by atoms with Crippen molar-refractivity contribution in [2.75, 3.05) is 26.2 Å². The highest BCUT2D eigenvalue weighted by molar-refractivity contribution is 7.86. The molecule has 1 aliphatic heterocycles. The van der Waals surface area contributed by atoms with Gasteiger partial charge in [0.1, 0.15) is 0 Å². The van der Waals surface area contributed by atoms with Crippen LogP contribution < -0.4 is 5.32 Å². The monoisotopic (exact) mass is 285 g/mol. The van der Waals surface area contributed by atoms with Gasteiger partial charge >= 0.3 is 0 Å². The molecule has 17 heavy (non-hydrogen) atoms. The van der Waals surface area contributed by atoms with Crippen LogP contribution in [0.2, 0.25) is 0 Å². The summed E-state index contributed by atoms with van der Waals surface area (Å²) in [4.78, 5) is 0. The van der Waals surface area contributed by atoms with Crippen LogP contribution in [0.15, 0.2) is 0 Å². The second kappa shape index (κ2) is 6.89. The van der Waals surface area contributed by atoms with Gasteiger partial charge in [-0.25, -0.2) is 0 Å². The Balaban J connectivity index is 0.00000256. The van der Waals surface area contributed by atoms with Crippen LogP contribution in [0.1, 0.15) is 27.7 Å². The standard InChI is InChI=1S/C10H23N3O2S.ClH/c1-5-12(6-2)16(14,15)13-7-9(3)11-10(4)8-13;/h9-11H,5-8H2,1-4H3;1H. The smallest absolute Gasteiger partial charge is 0.282 e. The first-order chi connectivity index (χ1) is 7.41. The normalized spacial score (nSPS) is 26.9. The van der Waals surface area contributed by atoms with Gasteiger partial charge in [0, 0.05) is 38.3 Å². The highest BCUT2D eigenvalue weighted by Crippen LogP contribution is 2.13. The lowest BCUT2D eigenvalue weighted by Gasteiger charge is -2.37. The van der Waals surface area contributed by atoms with Gasteiger partial charge in [-0.1, -0.05) is 13.8 Å². The molecule has 2 unspecified atom stereocenters. The average molecular weight is 286 g/mol. The molecule has 2 atom stereocenters. The molecule has 0 bridgehead atoms. The Kier molecular flexibility index (Phi) is 6.94. The van der Waals surface area contributed by atoms with Crippen LogP contribution in [-0.4, -0.2) is 55.3 Å². The van der Waals surface area contributed by atoms with Crippen LogP contribution in [0, 0.1) is 0 Å². The molecule has 5 nitrogen and oxygen atoms in total. The topological polar surface area (TPSA) is 52.7 Å². The molecule has 1 aliphatic rings. The van der Waals surface area contributed by atoms with Crippen LogP contribution in [-0.2, 0) is 10.2 Å². The summed E-state index contributed by atoms with van der Waals surface area (Å²) in [5, 5.41) is 3.33. The summed E-state index contributed by atoms with van der Waals surface area (Å²) < 4.78 is 27.6. The Hall–Kier alpha value is 0.120. The van der Waals surface area contributed by atoms with Gasteiger partial charge in [0.25, 0.3) is 10.2 Å². The van der Waals surface area contributed by atoms with Gasteiger partial charge in [-0.15, -0.1) is 12.4 Å². The lowest BCUT2D eigenvalue weighted by Crippen LogP contribution is -2.58. The van der Waals surface area contributed by atoms with Crippen molar-refractivity contribution in [3.63, 3.8) is 0 Å². The summed E-state index contributed by atoms with van der Waals surface area (Å²) in [7, 11) is -3.26. The van der Waals surface area contributed by atoms with Crippen molar-refractivity contribution in [2.24, 2.45) is 0 Å². The van der Waals surface area contributed by atoms with Crippen LogP contribution in [0.3, 0.4) is 0 Å². The number of halogens is 1. The number of piperazine rings is 1. The largest absolute Gasteiger partial charge is 0.309 e. The predicted molar refractivity (Wildman–Crippen MR) is 72.7 cm³/mol. The lowest BCUT2D eigenvalue weighted by molar-refractivity contribution is 0.246. The molecule has 1 rings (SSSR count). The highest BCUT2D eigenvalue weighted by atomic mass is 35.5. The molecule has 1 N–H and O–H groups in total. The Morgan fingerprint density at radius 1 is 1.18 bits per heavy atom. The fourth-order valence-corrected chi connectivity index (χ4v) is 3.98. The van der Waals surface area contributed by atoms with Gasteiger partial charge < -0.3 is 5.32 Å². The van der Waals surface area contributed by atoms with Crippen molar-refractivity contribution in [1.29, 1.82) is 0 Å². The summed E-state index contributed by atoms with van der Waals surface area (Å²) in [6, 6.07) is 0.433. The maximum absolute atomic E-state index is 12.3. The van der Waals surface area contributed by atoms with Gasteiger partial charge in [0.05, 0.1) is 0 Å². The molecule has 0 aromatic rings. The van der Waals surface area contributed by atoms with Crippen molar-refractivity contribution in [2.45, 2.75) is 39.8 Å². The Labute approximate surface area is 111 Å². The van der Waals surface area contributed by atoms with E-state index in [2.05, 4.69) is 5.32 Å². The van der Waals surface area contributed by atoms with E-state index in [1.807, 2.05) is 27.7 Å². The first-order valence-corrected chi connectivity index (χ1v) is 7.32. The lowest BCUT2D eigenvalue weighted by atomic mass is 10.2. The van der Waals surface area contributed by atoms with Gasteiger partial charge in [0.2, 0.25) is 0 Å². The zero-order valence-electron chi connectivity index (χ0n) is 11.0. The van der Waals surface area contributed by atoms with E-state index in [0.29, 0.717) is 26.2 Å². The molecule has 0 aliphatic carbocycles. The molecule has 0 amide bonds. The number of nitrogens with zero attached hydrogens (tertiary/aromatic N) is 2. The molecule has 0 saturated carbocycles. The van der Waals surface area contributed by atoms with Crippen molar-refractivity contribution >= 4 is 22.6 Å². The molecule has 1 heterocycles. The second-order valence-corrected chi connectivity index (χ2v) is 6.31. The zero-order valence-corrected chi connectivity index (χ0v) is 12.6. The molecular formula is C10H24ClN3O2S. The summed E-state index contributed by atoms with van der Waals surface area (Å²) in [6.07, 6.45) is 0. The molecule has 1 saturated heterocycles. The zero-order chi connectivity index (χ0) is 12.3. The SMILES string of the molecule is CCN(CC)S(=O)(=O)N1CC(C)NC(C)C1.Cl. The van der Waals surface area contributed by atoms with E-state index in [4.69, 9.17) is 0 Å². The van der Waals surface area contributed by atoms with E-state index >= 15 is 0 Å². The Morgan fingerprint density at radius 2 is 1.59 bits per heavy atom. The van der Waals surface area contributed by atoms with Gasteiger partial charge in [-0.2, -0.15) is 17.0 Å². The minimum absolute atomic E-state index is 0. The first-order valence-electron chi connectivity index (χ1n) is 5.93.